The second-order valence-corrected chi connectivity index (χ2v) is 5.24. The number of carbonyl (C=O) groups is 1. The molecule has 0 bridgehead atoms. The van der Waals surface area contributed by atoms with E-state index in [0.717, 1.165) is 32.7 Å². The van der Waals surface area contributed by atoms with Crippen LogP contribution in [0.3, 0.4) is 0 Å². The van der Waals surface area contributed by atoms with Gasteiger partial charge in [-0.05, 0) is 22.4 Å². The molecule has 8 heteroatoms. The Bertz CT molecular complexity index is 471. The number of hydrogen-bond acceptors (Lipinski definition) is 2. The predicted molar refractivity (Wildman–Crippen MR) is 72.4 cm³/mol. The van der Waals surface area contributed by atoms with Gasteiger partial charge in [0.25, 0.3) is 5.91 Å². The first kappa shape index (κ1) is 17.0. The van der Waals surface area contributed by atoms with E-state index in [9.17, 15) is 18.0 Å². The number of rotatable bonds is 6. The predicted octanol–water partition coefficient (Wildman–Crippen LogP) is 3.51. The largest absolute Gasteiger partial charge is 0.434 e. The molecule has 0 saturated heterocycles. The van der Waals surface area contributed by atoms with Gasteiger partial charge in [-0.15, -0.1) is 0 Å². The van der Waals surface area contributed by atoms with Gasteiger partial charge in [-0.3, -0.25) is 9.48 Å². The Morgan fingerprint density at radius 1 is 1.35 bits per heavy atom. The van der Waals surface area contributed by atoms with Crippen molar-refractivity contribution < 1.29 is 18.0 Å². The summed E-state index contributed by atoms with van der Waals surface area (Å²) in [6, 6.07) is 0. The van der Waals surface area contributed by atoms with Crippen LogP contribution in [0.4, 0.5) is 13.2 Å². The standard InChI is InChI=1S/C12H17BrF3N3O/c1-3-4-5-6-7-17-11(20)9-8(13)10(12(14,15)16)19(2)18-9/h3-7H2,1-2H3,(H,17,20). The molecule has 0 atom stereocenters. The van der Waals surface area contributed by atoms with Crippen LogP contribution in [0, 0.1) is 0 Å². The van der Waals surface area contributed by atoms with Crippen LogP contribution >= 0.6 is 15.9 Å². The number of carbonyl (C=O) groups excluding carboxylic acids is 1. The first-order valence-corrected chi connectivity index (χ1v) is 7.16. The highest BCUT2D eigenvalue weighted by molar-refractivity contribution is 9.10. The fourth-order valence-corrected chi connectivity index (χ4v) is 2.53. The lowest BCUT2D eigenvalue weighted by atomic mass is 10.2. The highest BCUT2D eigenvalue weighted by atomic mass is 79.9. The Labute approximate surface area is 123 Å². The summed E-state index contributed by atoms with van der Waals surface area (Å²) in [5.41, 5.74) is -1.20. The fraction of sp³-hybridized carbons (Fsp3) is 0.667. The van der Waals surface area contributed by atoms with Gasteiger partial charge in [-0.1, -0.05) is 26.2 Å². The normalized spacial score (nSPS) is 11.7. The molecule has 1 amide bonds. The van der Waals surface area contributed by atoms with Gasteiger partial charge in [-0.2, -0.15) is 18.3 Å². The second kappa shape index (κ2) is 7.10. The zero-order chi connectivity index (χ0) is 15.3. The molecule has 0 saturated carbocycles. The van der Waals surface area contributed by atoms with Gasteiger partial charge in [0.05, 0.1) is 4.47 Å². The van der Waals surface area contributed by atoms with E-state index in [1.807, 2.05) is 0 Å². The van der Waals surface area contributed by atoms with Gasteiger partial charge in [0, 0.05) is 13.6 Å². The van der Waals surface area contributed by atoms with Crippen molar-refractivity contribution in [3.63, 3.8) is 0 Å². The number of alkyl halides is 3. The molecule has 0 unspecified atom stereocenters. The van der Waals surface area contributed by atoms with E-state index in [4.69, 9.17) is 0 Å². The minimum Gasteiger partial charge on any atom is -0.351 e. The van der Waals surface area contributed by atoms with Gasteiger partial charge in [0.2, 0.25) is 0 Å². The van der Waals surface area contributed by atoms with E-state index >= 15 is 0 Å². The van der Waals surface area contributed by atoms with Crippen LogP contribution in [-0.4, -0.2) is 22.2 Å². The van der Waals surface area contributed by atoms with E-state index in [1.54, 1.807) is 0 Å². The van der Waals surface area contributed by atoms with Crippen molar-refractivity contribution in [1.29, 1.82) is 0 Å². The summed E-state index contributed by atoms with van der Waals surface area (Å²) in [4.78, 5) is 11.8. The number of nitrogens with one attached hydrogen (secondary N) is 1. The summed E-state index contributed by atoms with van der Waals surface area (Å²) in [5, 5.41) is 6.21. The van der Waals surface area contributed by atoms with Crippen molar-refractivity contribution in [3.05, 3.63) is 15.9 Å². The van der Waals surface area contributed by atoms with E-state index < -0.39 is 17.8 Å². The van der Waals surface area contributed by atoms with Crippen LogP contribution < -0.4 is 5.32 Å². The number of aromatic nitrogens is 2. The number of unbranched alkanes of at least 4 members (excludes halogenated alkanes) is 3. The minimum atomic E-state index is -4.56. The van der Waals surface area contributed by atoms with Gasteiger partial charge in [-0.25, -0.2) is 0 Å². The topological polar surface area (TPSA) is 46.9 Å². The Balaban J connectivity index is 2.70. The molecule has 1 heterocycles. The third-order valence-corrected chi connectivity index (χ3v) is 3.54. The van der Waals surface area contributed by atoms with Crippen LogP contribution in [0.5, 0.6) is 0 Å². The van der Waals surface area contributed by atoms with E-state index in [0.29, 0.717) is 11.2 Å². The molecule has 0 radical (unpaired) electrons. The summed E-state index contributed by atoms with van der Waals surface area (Å²) in [7, 11) is 1.16. The minimum absolute atomic E-state index is 0.240. The Kier molecular flexibility index (Phi) is 6.04. The fourth-order valence-electron chi connectivity index (χ4n) is 1.79. The molecule has 114 valence electrons. The summed E-state index contributed by atoms with van der Waals surface area (Å²) in [6.07, 6.45) is -0.625. The number of halogens is 4. The molecular weight excluding hydrogens is 339 g/mol. The maximum atomic E-state index is 12.8. The van der Waals surface area contributed by atoms with Crippen LogP contribution in [-0.2, 0) is 13.2 Å². The molecule has 0 aliphatic heterocycles. The monoisotopic (exact) mass is 355 g/mol. The maximum absolute atomic E-state index is 12.8. The molecule has 1 aromatic rings. The third kappa shape index (κ3) is 4.22. The first-order chi connectivity index (χ1) is 9.29. The molecule has 1 N–H and O–H groups in total. The molecule has 0 fully saturated rings. The lowest BCUT2D eigenvalue weighted by molar-refractivity contribution is -0.144. The van der Waals surface area contributed by atoms with Crippen molar-refractivity contribution in [2.24, 2.45) is 7.05 Å². The lowest BCUT2D eigenvalue weighted by Gasteiger charge is -2.06. The van der Waals surface area contributed by atoms with Crippen molar-refractivity contribution in [2.45, 2.75) is 38.8 Å². The zero-order valence-corrected chi connectivity index (χ0v) is 12.9. The molecule has 0 spiro atoms. The Hall–Kier alpha value is -1.05. The van der Waals surface area contributed by atoms with Gasteiger partial charge >= 0.3 is 6.18 Å². The zero-order valence-electron chi connectivity index (χ0n) is 11.4. The average molecular weight is 356 g/mol. The first-order valence-electron chi connectivity index (χ1n) is 6.37. The summed E-state index contributed by atoms with van der Waals surface area (Å²) in [6.45, 7) is 2.51. The highest BCUT2D eigenvalue weighted by Gasteiger charge is 2.39. The van der Waals surface area contributed by atoms with Crippen molar-refractivity contribution in [3.8, 4) is 0 Å². The smallest absolute Gasteiger partial charge is 0.351 e. The van der Waals surface area contributed by atoms with Crippen LogP contribution in [0.1, 0.15) is 48.8 Å². The third-order valence-electron chi connectivity index (χ3n) is 2.79. The molecule has 1 rings (SSSR count). The molecule has 0 aliphatic rings. The summed E-state index contributed by atoms with van der Waals surface area (Å²) >= 11 is 2.81. The maximum Gasteiger partial charge on any atom is 0.434 e. The molecule has 1 aromatic heterocycles. The molecular formula is C12H17BrF3N3O. The lowest BCUT2D eigenvalue weighted by Crippen LogP contribution is -2.25. The Morgan fingerprint density at radius 2 is 2.00 bits per heavy atom. The van der Waals surface area contributed by atoms with E-state index in [1.165, 1.54) is 0 Å². The molecule has 20 heavy (non-hydrogen) atoms. The average Bonchev–Trinajstić information content (AvgIpc) is 2.63. The summed E-state index contributed by atoms with van der Waals surface area (Å²) in [5.74, 6) is -0.598. The number of hydrogen-bond donors (Lipinski definition) is 1. The Morgan fingerprint density at radius 3 is 2.50 bits per heavy atom. The van der Waals surface area contributed by atoms with E-state index in [-0.39, 0.29) is 10.2 Å². The van der Waals surface area contributed by atoms with E-state index in [2.05, 4.69) is 33.3 Å². The number of amides is 1. The second-order valence-electron chi connectivity index (χ2n) is 4.45. The molecule has 0 aliphatic carbocycles. The van der Waals surface area contributed by atoms with Crippen LogP contribution in [0.15, 0.2) is 4.47 Å². The molecule has 0 aromatic carbocycles. The van der Waals surface area contributed by atoms with Crippen LogP contribution in [0.2, 0.25) is 0 Å². The van der Waals surface area contributed by atoms with Gasteiger partial charge in [0.15, 0.2) is 11.4 Å². The van der Waals surface area contributed by atoms with Crippen molar-refractivity contribution in [2.75, 3.05) is 6.54 Å². The summed E-state index contributed by atoms with van der Waals surface area (Å²) < 4.78 is 38.6. The SMILES string of the molecule is CCCCCCNC(=O)c1nn(C)c(C(F)(F)F)c1Br. The highest BCUT2D eigenvalue weighted by Crippen LogP contribution is 2.36. The van der Waals surface area contributed by atoms with Crippen molar-refractivity contribution >= 4 is 21.8 Å². The molecule has 4 nitrogen and oxygen atoms in total. The van der Waals surface area contributed by atoms with Gasteiger partial charge in [0.1, 0.15) is 0 Å². The van der Waals surface area contributed by atoms with Crippen LogP contribution in [0.25, 0.3) is 0 Å². The quantitative estimate of drug-likeness (QED) is 0.793. The van der Waals surface area contributed by atoms with Gasteiger partial charge < -0.3 is 5.32 Å². The van der Waals surface area contributed by atoms with Crippen molar-refractivity contribution in [1.82, 2.24) is 15.1 Å². The number of aryl methyl sites for hydroxylation is 1. The number of nitrogens with zero attached hydrogens (tertiary/aromatic N) is 2.